The van der Waals surface area contributed by atoms with Crippen molar-refractivity contribution in [2.24, 2.45) is 5.10 Å². The largest absolute Gasteiger partial charge is 0.273 e. The van der Waals surface area contributed by atoms with E-state index in [0.29, 0.717) is 5.13 Å². The Kier molecular flexibility index (Phi) is 3.58. The first kappa shape index (κ1) is 13.0. The molecule has 1 aromatic carbocycles. The van der Waals surface area contributed by atoms with Crippen LogP contribution in [0.5, 0.6) is 0 Å². The van der Waals surface area contributed by atoms with Crippen molar-refractivity contribution in [1.82, 2.24) is 4.98 Å². The van der Waals surface area contributed by atoms with Crippen molar-refractivity contribution in [1.29, 1.82) is 0 Å². The van der Waals surface area contributed by atoms with Crippen LogP contribution >= 0.6 is 22.7 Å². The van der Waals surface area contributed by atoms with Crippen molar-refractivity contribution in [3.8, 4) is 0 Å². The topological polar surface area (TPSA) is 45.6 Å². The molecular formula is C14H11N3OS2. The van der Waals surface area contributed by atoms with Gasteiger partial charge in [0.25, 0.3) is 0 Å². The first-order valence-corrected chi connectivity index (χ1v) is 7.67. The SMILES string of the molecule is CC(=O)N(/N=C/c1cccs1)c1nc2ccccc2s1. The van der Waals surface area contributed by atoms with Crippen LogP contribution < -0.4 is 5.01 Å². The zero-order valence-corrected chi connectivity index (χ0v) is 12.3. The number of thiazole rings is 1. The number of carbonyl (C=O) groups excluding carboxylic acids is 1. The molecule has 0 unspecified atom stereocenters. The quantitative estimate of drug-likeness (QED) is 0.546. The Balaban J connectivity index is 1.96. The van der Waals surface area contributed by atoms with E-state index in [-0.39, 0.29) is 5.91 Å². The monoisotopic (exact) mass is 301 g/mol. The zero-order chi connectivity index (χ0) is 13.9. The number of thiophene rings is 1. The lowest BCUT2D eigenvalue weighted by atomic mass is 10.3. The summed E-state index contributed by atoms with van der Waals surface area (Å²) in [6.07, 6.45) is 1.68. The molecule has 0 radical (unpaired) electrons. The second-order valence-electron chi connectivity index (χ2n) is 4.05. The molecular weight excluding hydrogens is 290 g/mol. The minimum Gasteiger partial charge on any atom is -0.273 e. The van der Waals surface area contributed by atoms with E-state index in [9.17, 15) is 4.79 Å². The number of nitrogens with zero attached hydrogens (tertiary/aromatic N) is 3. The molecule has 20 heavy (non-hydrogen) atoms. The summed E-state index contributed by atoms with van der Waals surface area (Å²) < 4.78 is 1.04. The Morgan fingerprint density at radius 1 is 1.30 bits per heavy atom. The summed E-state index contributed by atoms with van der Waals surface area (Å²) in [6, 6.07) is 11.7. The van der Waals surface area contributed by atoms with Crippen LogP contribution in [0.2, 0.25) is 0 Å². The highest BCUT2D eigenvalue weighted by Crippen LogP contribution is 2.28. The Morgan fingerprint density at radius 3 is 2.85 bits per heavy atom. The first-order valence-electron chi connectivity index (χ1n) is 5.98. The molecule has 0 aliphatic rings. The van der Waals surface area contributed by atoms with Gasteiger partial charge < -0.3 is 0 Å². The van der Waals surface area contributed by atoms with Gasteiger partial charge in [-0.15, -0.1) is 11.3 Å². The summed E-state index contributed by atoms with van der Waals surface area (Å²) in [5.74, 6) is -0.156. The number of aromatic nitrogens is 1. The fourth-order valence-electron chi connectivity index (χ4n) is 1.70. The molecule has 0 saturated heterocycles. The molecule has 2 heterocycles. The van der Waals surface area contributed by atoms with E-state index in [0.717, 1.165) is 15.1 Å². The molecule has 3 rings (SSSR count). The van der Waals surface area contributed by atoms with Crippen LogP contribution in [0.4, 0.5) is 5.13 Å². The number of fused-ring (bicyclic) bond motifs is 1. The van der Waals surface area contributed by atoms with Gasteiger partial charge in [0.15, 0.2) is 0 Å². The summed E-state index contributed by atoms with van der Waals surface area (Å²) >= 11 is 3.03. The number of anilines is 1. The molecule has 0 fully saturated rings. The fourth-order valence-corrected chi connectivity index (χ4v) is 3.24. The van der Waals surface area contributed by atoms with Crippen molar-refractivity contribution in [2.75, 3.05) is 5.01 Å². The van der Waals surface area contributed by atoms with Gasteiger partial charge in [0.2, 0.25) is 11.0 Å². The summed E-state index contributed by atoms with van der Waals surface area (Å²) in [4.78, 5) is 17.2. The second-order valence-corrected chi connectivity index (χ2v) is 6.04. The van der Waals surface area contributed by atoms with Crippen molar-refractivity contribution in [2.45, 2.75) is 6.92 Å². The van der Waals surface area contributed by atoms with Gasteiger partial charge in [-0.1, -0.05) is 29.5 Å². The first-order chi connectivity index (χ1) is 9.74. The summed E-state index contributed by atoms with van der Waals surface area (Å²) in [5, 5.41) is 8.14. The molecule has 0 bridgehead atoms. The minimum atomic E-state index is -0.156. The third-order valence-corrected chi connectivity index (χ3v) is 4.42. The van der Waals surface area contributed by atoms with Crippen molar-refractivity contribution in [3.05, 3.63) is 46.7 Å². The van der Waals surface area contributed by atoms with E-state index in [4.69, 9.17) is 0 Å². The number of para-hydroxylation sites is 1. The molecule has 0 atom stereocenters. The van der Waals surface area contributed by atoms with Gasteiger partial charge >= 0.3 is 0 Å². The predicted molar refractivity (Wildman–Crippen MR) is 84.7 cm³/mol. The van der Waals surface area contributed by atoms with Crippen LogP contribution in [-0.2, 0) is 4.79 Å². The van der Waals surface area contributed by atoms with Gasteiger partial charge in [-0.25, -0.2) is 4.98 Å². The van der Waals surface area contributed by atoms with Gasteiger partial charge in [-0.05, 0) is 23.6 Å². The Labute approximate surface area is 124 Å². The standard InChI is InChI=1S/C14H11N3OS2/c1-10(18)17(15-9-11-5-4-8-19-11)14-16-12-6-2-3-7-13(12)20-14/h2-9H,1H3/b15-9+. The van der Waals surface area contributed by atoms with Crippen LogP contribution in [0, 0.1) is 0 Å². The van der Waals surface area contributed by atoms with Crippen LogP contribution in [0.15, 0.2) is 46.9 Å². The number of benzene rings is 1. The van der Waals surface area contributed by atoms with Crippen LogP contribution in [-0.4, -0.2) is 17.1 Å². The van der Waals surface area contributed by atoms with Crippen LogP contribution in [0.3, 0.4) is 0 Å². The lowest BCUT2D eigenvalue weighted by Crippen LogP contribution is -2.22. The summed E-state index contributed by atoms with van der Waals surface area (Å²) in [7, 11) is 0. The summed E-state index contributed by atoms with van der Waals surface area (Å²) in [6.45, 7) is 1.48. The van der Waals surface area contributed by atoms with E-state index >= 15 is 0 Å². The minimum absolute atomic E-state index is 0.156. The Morgan fingerprint density at radius 2 is 2.15 bits per heavy atom. The number of hydrogen-bond donors (Lipinski definition) is 0. The number of hydrogen-bond acceptors (Lipinski definition) is 5. The van der Waals surface area contributed by atoms with Crippen LogP contribution in [0.25, 0.3) is 10.2 Å². The maximum Gasteiger partial charge on any atom is 0.246 e. The molecule has 100 valence electrons. The van der Waals surface area contributed by atoms with Gasteiger partial charge in [0.05, 0.1) is 16.4 Å². The fraction of sp³-hybridized carbons (Fsp3) is 0.0714. The molecule has 0 aliphatic heterocycles. The zero-order valence-electron chi connectivity index (χ0n) is 10.7. The average Bonchev–Trinajstić information content (AvgIpc) is 3.06. The number of carbonyl (C=O) groups is 1. The van der Waals surface area contributed by atoms with Gasteiger partial charge in [0, 0.05) is 11.8 Å². The molecule has 4 nitrogen and oxygen atoms in total. The van der Waals surface area contributed by atoms with Crippen molar-refractivity contribution in [3.63, 3.8) is 0 Å². The predicted octanol–water partition coefficient (Wildman–Crippen LogP) is 3.74. The maximum absolute atomic E-state index is 11.8. The van der Waals surface area contributed by atoms with E-state index in [1.54, 1.807) is 17.6 Å². The molecule has 3 aromatic rings. The molecule has 0 spiro atoms. The molecule has 0 aliphatic carbocycles. The summed E-state index contributed by atoms with van der Waals surface area (Å²) in [5.41, 5.74) is 0.880. The van der Waals surface area contributed by atoms with Gasteiger partial charge in [-0.3, -0.25) is 4.79 Å². The van der Waals surface area contributed by atoms with E-state index in [2.05, 4.69) is 10.1 Å². The van der Waals surface area contributed by atoms with E-state index in [1.165, 1.54) is 23.3 Å². The molecule has 6 heteroatoms. The third kappa shape index (κ3) is 2.61. The molecule has 1 amide bonds. The normalized spacial score (nSPS) is 11.2. The lowest BCUT2D eigenvalue weighted by Gasteiger charge is -2.09. The smallest absolute Gasteiger partial charge is 0.246 e. The number of hydrazone groups is 1. The Hall–Kier alpha value is -2.05. The second kappa shape index (κ2) is 5.52. The van der Waals surface area contributed by atoms with Gasteiger partial charge in [0.1, 0.15) is 0 Å². The Bertz CT molecular complexity index is 729. The highest BCUT2D eigenvalue weighted by atomic mass is 32.1. The highest BCUT2D eigenvalue weighted by Gasteiger charge is 2.15. The molecule has 0 N–H and O–H groups in total. The van der Waals surface area contributed by atoms with E-state index in [1.807, 2.05) is 41.8 Å². The van der Waals surface area contributed by atoms with Crippen molar-refractivity contribution < 1.29 is 4.79 Å². The molecule has 2 aromatic heterocycles. The van der Waals surface area contributed by atoms with E-state index < -0.39 is 0 Å². The lowest BCUT2D eigenvalue weighted by molar-refractivity contribution is -0.116. The van der Waals surface area contributed by atoms with Crippen LogP contribution in [0.1, 0.15) is 11.8 Å². The number of rotatable bonds is 3. The molecule has 0 saturated carbocycles. The van der Waals surface area contributed by atoms with Gasteiger partial charge in [-0.2, -0.15) is 10.1 Å². The maximum atomic E-state index is 11.8. The highest BCUT2D eigenvalue weighted by molar-refractivity contribution is 7.22. The average molecular weight is 301 g/mol. The third-order valence-electron chi connectivity index (χ3n) is 2.61. The number of amides is 1. The van der Waals surface area contributed by atoms with Crippen molar-refractivity contribution >= 4 is 50.1 Å².